The third kappa shape index (κ3) is 9.95. The number of carbonyl (C=O) groups is 2. The van der Waals surface area contributed by atoms with Crippen molar-refractivity contribution in [3.8, 4) is 6.07 Å². The summed E-state index contributed by atoms with van der Waals surface area (Å²) in [5.41, 5.74) is 0. The van der Waals surface area contributed by atoms with Gasteiger partial charge in [0.2, 0.25) is 0 Å². The van der Waals surface area contributed by atoms with Crippen molar-refractivity contribution in [2.75, 3.05) is 0 Å². The number of ether oxygens (including phenoxy) is 3. The molecule has 0 aromatic carbocycles. The van der Waals surface area contributed by atoms with Crippen molar-refractivity contribution in [3.63, 3.8) is 0 Å². The van der Waals surface area contributed by atoms with Crippen LogP contribution in [0.1, 0.15) is 96.8 Å². The molecule has 6 unspecified atom stereocenters. The number of aliphatic hydroxyl groups is 1. The Morgan fingerprint density at radius 1 is 0.969 bits per heavy atom. The number of Topliss-reactive ketones (excluding diaryl/α,β-unsaturated/α-hetero) is 1. The molecule has 2 aliphatic rings. The van der Waals surface area contributed by atoms with Crippen LogP contribution in [0.25, 0.3) is 0 Å². The number of ketones is 1. The van der Waals surface area contributed by atoms with E-state index in [1.54, 1.807) is 6.92 Å². The van der Waals surface area contributed by atoms with E-state index in [-0.39, 0.29) is 12.2 Å². The third-order valence-electron chi connectivity index (χ3n) is 6.18. The van der Waals surface area contributed by atoms with Gasteiger partial charge in [-0.3, -0.25) is 4.79 Å². The summed E-state index contributed by atoms with van der Waals surface area (Å²) in [5, 5.41) is 28.6. The van der Waals surface area contributed by atoms with Gasteiger partial charge in [-0.05, 0) is 19.8 Å². The van der Waals surface area contributed by atoms with E-state index in [9.17, 15) is 25.1 Å². The summed E-state index contributed by atoms with van der Waals surface area (Å²) in [4.78, 5) is 22.1. The molecular formula is C24H39NO7. The average molecular weight is 454 g/mol. The molecule has 2 aliphatic heterocycles. The van der Waals surface area contributed by atoms with Gasteiger partial charge in [-0.1, -0.05) is 64.2 Å². The number of carbonyl (C=O) groups excluding carboxylic acids is 1. The van der Waals surface area contributed by atoms with Crippen molar-refractivity contribution in [3.05, 3.63) is 0 Å². The first-order chi connectivity index (χ1) is 15.4. The predicted molar refractivity (Wildman–Crippen MR) is 116 cm³/mol. The molecule has 182 valence electrons. The number of aliphatic hydroxyl groups excluding tert-OH is 1. The van der Waals surface area contributed by atoms with Gasteiger partial charge in [0.25, 0.3) is 0 Å². The highest BCUT2D eigenvalue weighted by Gasteiger charge is 2.57. The summed E-state index contributed by atoms with van der Waals surface area (Å²) in [6.07, 6.45) is 10.0. The fourth-order valence-electron chi connectivity index (χ4n) is 4.24. The number of hydrogen-bond donors (Lipinski definition) is 2. The summed E-state index contributed by atoms with van der Waals surface area (Å²) in [6, 6.07) is 2.00. The Balaban J connectivity index is 1.53. The minimum Gasteiger partial charge on any atom is -0.481 e. The Labute approximate surface area is 191 Å². The summed E-state index contributed by atoms with van der Waals surface area (Å²) >= 11 is 0. The minimum absolute atomic E-state index is 0.157. The molecule has 8 nitrogen and oxygen atoms in total. The maximum absolute atomic E-state index is 11.2. The first kappa shape index (κ1) is 26.7. The van der Waals surface area contributed by atoms with Crippen LogP contribution < -0.4 is 0 Å². The van der Waals surface area contributed by atoms with Gasteiger partial charge in [-0.15, -0.1) is 0 Å². The molecule has 0 aromatic heterocycles. The van der Waals surface area contributed by atoms with Gasteiger partial charge in [0.1, 0.15) is 23.9 Å². The lowest BCUT2D eigenvalue weighted by Gasteiger charge is -2.31. The second-order valence-corrected chi connectivity index (χ2v) is 9.10. The summed E-state index contributed by atoms with van der Waals surface area (Å²) < 4.78 is 16.5. The van der Waals surface area contributed by atoms with Crippen LogP contribution in [0.5, 0.6) is 0 Å². The van der Waals surface area contributed by atoms with E-state index >= 15 is 0 Å². The van der Waals surface area contributed by atoms with Crippen LogP contribution in [0.15, 0.2) is 0 Å². The molecule has 0 saturated carbocycles. The second-order valence-electron chi connectivity index (χ2n) is 9.10. The number of unbranched alkanes of at least 4 members (excludes halogenated alkanes) is 10. The topological polar surface area (TPSA) is 129 Å². The van der Waals surface area contributed by atoms with Gasteiger partial charge in [0.15, 0.2) is 12.6 Å². The zero-order chi connectivity index (χ0) is 23.3. The second kappa shape index (κ2) is 14.6. The Hall–Kier alpha value is -1.53. The molecule has 6 atom stereocenters. The van der Waals surface area contributed by atoms with Crippen molar-refractivity contribution in [1.29, 1.82) is 5.26 Å². The SMILES string of the molecule is CC(=O)CCCCCCCCCCCCCC(CC(=O)O)OC1OC2OC2C(O)C1C#N. The fraction of sp³-hybridized carbons (Fsp3) is 0.875. The number of nitriles is 1. The number of epoxide rings is 1. The van der Waals surface area contributed by atoms with E-state index in [1.165, 1.54) is 38.5 Å². The Kier molecular flexibility index (Phi) is 12.2. The maximum Gasteiger partial charge on any atom is 0.305 e. The molecule has 2 fully saturated rings. The van der Waals surface area contributed by atoms with E-state index in [4.69, 9.17) is 14.2 Å². The maximum atomic E-state index is 11.2. The van der Waals surface area contributed by atoms with Gasteiger partial charge in [-0.25, -0.2) is 0 Å². The molecule has 0 aromatic rings. The highest BCUT2D eigenvalue weighted by Crippen LogP contribution is 2.39. The molecule has 0 bridgehead atoms. The smallest absolute Gasteiger partial charge is 0.305 e. The summed E-state index contributed by atoms with van der Waals surface area (Å²) in [6.45, 7) is 1.65. The summed E-state index contributed by atoms with van der Waals surface area (Å²) in [7, 11) is 0. The molecule has 0 radical (unpaired) electrons. The van der Waals surface area contributed by atoms with E-state index < -0.39 is 42.8 Å². The Morgan fingerprint density at radius 2 is 1.53 bits per heavy atom. The van der Waals surface area contributed by atoms with E-state index in [1.807, 2.05) is 6.07 Å². The Bertz CT molecular complexity index is 620. The molecule has 2 rings (SSSR count). The van der Waals surface area contributed by atoms with Gasteiger partial charge in [-0.2, -0.15) is 5.26 Å². The van der Waals surface area contributed by atoms with Crippen LogP contribution in [-0.4, -0.2) is 52.9 Å². The zero-order valence-electron chi connectivity index (χ0n) is 19.2. The molecule has 8 heteroatoms. The molecule has 2 heterocycles. The third-order valence-corrected chi connectivity index (χ3v) is 6.18. The Morgan fingerprint density at radius 3 is 2.06 bits per heavy atom. The number of carboxylic acid groups (broad SMARTS) is 1. The van der Waals surface area contributed by atoms with E-state index in [2.05, 4.69) is 0 Å². The lowest BCUT2D eigenvalue weighted by molar-refractivity contribution is -0.232. The fourth-order valence-corrected chi connectivity index (χ4v) is 4.24. The molecule has 32 heavy (non-hydrogen) atoms. The first-order valence-corrected chi connectivity index (χ1v) is 12.2. The van der Waals surface area contributed by atoms with Crippen LogP contribution in [0, 0.1) is 17.2 Å². The van der Waals surface area contributed by atoms with Crippen molar-refractivity contribution < 1.29 is 34.0 Å². The van der Waals surface area contributed by atoms with Crippen LogP contribution in [0.2, 0.25) is 0 Å². The average Bonchev–Trinajstić information content (AvgIpc) is 3.51. The standard InChI is InChI=1S/C24H39NO7/c1-17(26)13-11-9-7-5-3-2-4-6-8-10-12-14-18(15-20(27)28)30-23-19(16-25)21(29)22-24(31-22)32-23/h18-19,21-24,29H,2-15H2,1H3,(H,27,28). The van der Waals surface area contributed by atoms with Crippen molar-refractivity contribution in [2.24, 2.45) is 5.92 Å². The number of hydrogen-bond acceptors (Lipinski definition) is 7. The lowest BCUT2D eigenvalue weighted by atomic mass is 9.98. The van der Waals surface area contributed by atoms with Crippen LogP contribution in [-0.2, 0) is 23.8 Å². The molecule has 2 saturated heterocycles. The number of rotatable bonds is 18. The van der Waals surface area contributed by atoms with Crippen molar-refractivity contribution in [1.82, 2.24) is 0 Å². The van der Waals surface area contributed by atoms with E-state index in [0.29, 0.717) is 12.8 Å². The molecule has 2 N–H and O–H groups in total. The molecule has 0 spiro atoms. The highest BCUT2D eigenvalue weighted by atomic mass is 16.8. The normalized spacial score (nSPS) is 27.3. The highest BCUT2D eigenvalue weighted by molar-refractivity contribution is 5.75. The number of fused-ring (bicyclic) bond motifs is 1. The monoisotopic (exact) mass is 453 g/mol. The van der Waals surface area contributed by atoms with Crippen molar-refractivity contribution in [2.45, 2.75) is 128 Å². The molecule has 0 aliphatic carbocycles. The largest absolute Gasteiger partial charge is 0.481 e. The first-order valence-electron chi connectivity index (χ1n) is 12.2. The lowest BCUT2D eigenvalue weighted by Crippen LogP contribution is -2.45. The summed E-state index contributed by atoms with van der Waals surface area (Å²) in [5.74, 6) is -1.56. The quantitative estimate of drug-likeness (QED) is 0.234. The van der Waals surface area contributed by atoms with Gasteiger partial charge >= 0.3 is 5.97 Å². The van der Waals surface area contributed by atoms with Crippen molar-refractivity contribution >= 4 is 11.8 Å². The number of carboxylic acids is 1. The minimum atomic E-state index is -0.977. The van der Waals surface area contributed by atoms with Gasteiger partial charge in [0, 0.05) is 6.42 Å². The molecule has 0 amide bonds. The number of aliphatic carboxylic acids is 1. The predicted octanol–water partition coefficient (Wildman–Crippen LogP) is 4.09. The van der Waals surface area contributed by atoms with Crippen LogP contribution in [0.4, 0.5) is 0 Å². The zero-order valence-corrected chi connectivity index (χ0v) is 19.2. The van der Waals surface area contributed by atoms with Gasteiger partial charge in [0.05, 0.1) is 18.6 Å². The van der Waals surface area contributed by atoms with Gasteiger partial charge < -0.3 is 29.2 Å². The van der Waals surface area contributed by atoms with Crippen LogP contribution in [0.3, 0.4) is 0 Å². The van der Waals surface area contributed by atoms with E-state index in [0.717, 1.165) is 32.1 Å². The van der Waals surface area contributed by atoms with Crippen LogP contribution >= 0.6 is 0 Å². The molecular weight excluding hydrogens is 414 g/mol. The number of nitrogens with zero attached hydrogens (tertiary/aromatic N) is 1.